The number of methoxy groups -OCH3 is 2. The first kappa shape index (κ1) is 30.9. The molecule has 0 fully saturated rings. The second-order valence-electron chi connectivity index (χ2n) is 10.0. The van der Waals surface area contributed by atoms with Crippen LogP contribution in [0, 0.1) is 5.92 Å². The van der Waals surface area contributed by atoms with E-state index in [1.165, 1.54) is 36.7 Å². The minimum absolute atomic E-state index is 0.00753. The molecule has 3 aromatic rings. The number of phenolic OH excluding ortho intramolecular Hbond substituents is 1. The fourth-order valence-electron chi connectivity index (χ4n) is 4.34. The molecule has 0 bridgehead atoms. The van der Waals surface area contributed by atoms with Crippen LogP contribution in [-0.4, -0.2) is 68.3 Å². The van der Waals surface area contributed by atoms with E-state index in [4.69, 9.17) is 9.47 Å². The highest BCUT2D eigenvalue weighted by atomic mass is 32.2. The Balaban J connectivity index is 1.84. The van der Waals surface area contributed by atoms with Gasteiger partial charge in [0.25, 0.3) is 0 Å². The molecule has 0 aromatic heterocycles. The van der Waals surface area contributed by atoms with E-state index in [-0.39, 0.29) is 47.7 Å². The Morgan fingerprint density at radius 2 is 1.60 bits per heavy atom. The Bertz CT molecular complexity index is 1350. The van der Waals surface area contributed by atoms with E-state index in [2.05, 4.69) is 5.32 Å². The second-order valence-corrected chi connectivity index (χ2v) is 11.9. The molecule has 3 rings (SSSR count). The molecule has 40 heavy (non-hydrogen) atoms. The SMILES string of the molecule is COc1ccc(S(=O)(=O)N(CC(C)C)C[C@@H](O)[C@H](Cc2ccccc2)NC(=O)Cc2ccc(O)c(OC)c2)cc1. The van der Waals surface area contributed by atoms with Crippen LogP contribution in [0.25, 0.3) is 0 Å². The topological polar surface area (TPSA) is 125 Å². The number of carbonyl (C=O) groups excluding carboxylic acids is 1. The van der Waals surface area contributed by atoms with Gasteiger partial charge in [0.2, 0.25) is 15.9 Å². The van der Waals surface area contributed by atoms with Crippen molar-refractivity contribution < 1.29 is 32.9 Å². The number of hydrogen-bond donors (Lipinski definition) is 3. The molecule has 0 saturated heterocycles. The van der Waals surface area contributed by atoms with Crippen LogP contribution in [0.5, 0.6) is 17.2 Å². The molecule has 1 amide bonds. The molecule has 0 aliphatic carbocycles. The fourth-order valence-corrected chi connectivity index (χ4v) is 5.96. The van der Waals surface area contributed by atoms with Crippen LogP contribution in [0.2, 0.25) is 0 Å². The number of carbonyl (C=O) groups is 1. The third kappa shape index (κ3) is 8.45. The Morgan fingerprint density at radius 3 is 2.20 bits per heavy atom. The number of hydrogen-bond acceptors (Lipinski definition) is 7. The van der Waals surface area contributed by atoms with E-state index in [0.717, 1.165) is 5.56 Å². The second kappa shape index (κ2) is 14.2. The number of amides is 1. The Hall–Kier alpha value is -3.60. The lowest BCUT2D eigenvalue weighted by atomic mass is 10.00. The van der Waals surface area contributed by atoms with Crippen LogP contribution in [0.4, 0.5) is 0 Å². The summed E-state index contributed by atoms with van der Waals surface area (Å²) in [4.78, 5) is 13.2. The van der Waals surface area contributed by atoms with E-state index >= 15 is 0 Å². The molecule has 10 heteroatoms. The molecule has 0 aliphatic rings. The Morgan fingerprint density at radius 1 is 0.925 bits per heavy atom. The van der Waals surface area contributed by atoms with Gasteiger partial charge in [-0.05, 0) is 59.9 Å². The van der Waals surface area contributed by atoms with Gasteiger partial charge in [0.1, 0.15) is 5.75 Å². The number of benzene rings is 3. The summed E-state index contributed by atoms with van der Waals surface area (Å²) in [6.45, 7) is 3.78. The number of rotatable bonds is 14. The lowest BCUT2D eigenvalue weighted by Crippen LogP contribution is -2.51. The van der Waals surface area contributed by atoms with Crippen molar-refractivity contribution in [2.45, 2.75) is 43.7 Å². The average Bonchev–Trinajstić information content (AvgIpc) is 2.93. The van der Waals surface area contributed by atoms with E-state index in [0.29, 0.717) is 17.7 Å². The minimum atomic E-state index is -3.94. The van der Waals surface area contributed by atoms with E-state index in [9.17, 15) is 23.4 Å². The zero-order valence-corrected chi connectivity index (χ0v) is 24.1. The lowest BCUT2D eigenvalue weighted by Gasteiger charge is -2.31. The zero-order valence-electron chi connectivity index (χ0n) is 23.3. The molecule has 3 N–H and O–H groups in total. The average molecular weight is 571 g/mol. The number of aromatic hydroxyl groups is 1. The highest BCUT2D eigenvalue weighted by Gasteiger charge is 2.31. The van der Waals surface area contributed by atoms with Crippen molar-refractivity contribution in [3.63, 3.8) is 0 Å². The monoisotopic (exact) mass is 570 g/mol. The molecule has 9 nitrogen and oxygen atoms in total. The van der Waals surface area contributed by atoms with E-state index in [1.54, 1.807) is 24.3 Å². The maximum atomic E-state index is 13.6. The quantitative estimate of drug-likeness (QED) is 0.271. The predicted molar refractivity (Wildman–Crippen MR) is 153 cm³/mol. The highest BCUT2D eigenvalue weighted by Crippen LogP contribution is 2.26. The van der Waals surface area contributed by atoms with Gasteiger partial charge in [-0.1, -0.05) is 50.2 Å². The van der Waals surface area contributed by atoms with Crippen molar-refractivity contribution in [1.82, 2.24) is 9.62 Å². The van der Waals surface area contributed by atoms with Gasteiger partial charge < -0.3 is 25.0 Å². The maximum absolute atomic E-state index is 13.6. The first-order chi connectivity index (χ1) is 19.0. The fraction of sp³-hybridized carbons (Fsp3) is 0.367. The van der Waals surface area contributed by atoms with E-state index in [1.807, 2.05) is 44.2 Å². The van der Waals surface area contributed by atoms with Crippen LogP contribution in [0.15, 0.2) is 77.7 Å². The van der Waals surface area contributed by atoms with Gasteiger partial charge in [0.05, 0.1) is 37.7 Å². The van der Waals surface area contributed by atoms with Crippen LogP contribution < -0.4 is 14.8 Å². The van der Waals surface area contributed by atoms with Gasteiger partial charge in [0.15, 0.2) is 11.5 Å². The van der Waals surface area contributed by atoms with Crippen molar-refractivity contribution >= 4 is 15.9 Å². The Labute approximate surface area is 236 Å². The summed E-state index contributed by atoms with van der Waals surface area (Å²) >= 11 is 0. The van der Waals surface area contributed by atoms with Crippen LogP contribution >= 0.6 is 0 Å². The van der Waals surface area contributed by atoms with Crippen molar-refractivity contribution in [3.8, 4) is 17.2 Å². The van der Waals surface area contributed by atoms with Gasteiger partial charge >= 0.3 is 0 Å². The third-order valence-electron chi connectivity index (χ3n) is 6.37. The standard InChI is InChI=1S/C30H38N2O7S/c1-21(2)19-32(40(36,37)25-13-11-24(38-3)12-14-25)20-28(34)26(16-22-8-6-5-7-9-22)31-30(35)18-23-10-15-27(33)29(17-23)39-4/h5-15,17,21,26,28,33-34H,16,18-20H2,1-4H3,(H,31,35)/t26-,28+/m0/s1. The Kier molecular flexibility index (Phi) is 10.9. The number of ether oxygens (including phenoxy) is 2. The van der Waals surface area contributed by atoms with Gasteiger partial charge in [-0.3, -0.25) is 4.79 Å². The third-order valence-corrected chi connectivity index (χ3v) is 8.22. The first-order valence-electron chi connectivity index (χ1n) is 13.0. The molecule has 0 radical (unpaired) electrons. The molecule has 0 unspecified atom stereocenters. The molecule has 3 aromatic carbocycles. The summed E-state index contributed by atoms with van der Waals surface area (Å²) in [6.07, 6.45) is -0.926. The number of sulfonamides is 1. The maximum Gasteiger partial charge on any atom is 0.243 e. The molecule has 2 atom stereocenters. The number of phenols is 1. The summed E-state index contributed by atoms with van der Waals surface area (Å²) in [7, 11) is -1.01. The van der Waals surface area contributed by atoms with Gasteiger partial charge in [0, 0.05) is 13.1 Å². The van der Waals surface area contributed by atoms with E-state index < -0.39 is 22.2 Å². The smallest absolute Gasteiger partial charge is 0.243 e. The van der Waals surface area contributed by atoms with Crippen molar-refractivity contribution in [3.05, 3.63) is 83.9 Å². The molecule has 0 spiro atoms. The number of nitrogens with zero attached hydrogens (tertiary/aromatic N) is 1. The summed E-state index contributed by atoms with van der Waals surface area (Å²) in [6, 6.07) is 19.3. The predicted octanol–water partition coefficient (Wildman–Crippen LogP) is 3.39. The highest BCUT2D eigenvalue weighted by molar-refractivity contribution is 7.89. The normalized spacial score (nSPS) is 13.2. The summed E-state index contributed by atoms with van der Waals surface area (Å²) in [5.41, 5.74) is 1.50. The molecule has 0 aliphatic heterocycles. The number of aliphatic hydroxyl groups is 1. The summed E-state index contributed by atoms with van der Waals surface area (Å²) in [5, 5.41) is 24.1. The van der Waals surface area contributed by atoms with Gasteiger partial charge in [-0.15, -0.1) is 0 Å². The van der Waals surface area contributed by atoms with Crippen molar-refractivity contribution in [2.75, 3.05) is 27.3 Å². The molecule has 216 valence electrons. The van der Waals surface area contributed by atoms with Crippen LogP contribution in [-0.2, 0) is 27.7 Å². The van der Waals surface area contributed by atoms with Gasteiger partial charge in [-0.25, -0.2) is 8.42 Å². The van der Waals surface area contributed by atoms with Crippen LogP contribution in [0.3, 0.4) is 0 Å². The number of nitrogens with one attached hydrogen (secondary N) is 1. The first-order valence-corrected chi connectivity index (χ1v) is 14.5. The van der Waals surface area contributed by atoms with Crippen molar-refractivity contribution in [2.24, 2.45) is 5.92 Å². The lowest BCUT2D eigenvalue weighted by molar-refractivity contribution is -0.122. The molecular formula is C30H38N2O7S. The number of aliphatic hydroxyl groups excluding tert-OH is 1. The summed E-state index contributed by atoms with van der Waals surface area (Å²) in [5.74, 6) is 0.380. The molecule has 0 saturated carbocycles. The largest absolute Gasteiger partial charge is 0.504 e. The molecule has 0 heterocycles. The van der Waals surface area contributed by atoms with Gasteiger partial charge in [-0.2, -0.15) is 4.31 Å². The zero-order chi connectivity index (χ0) is 29.3. The molecular weight excluding hydrogens is 532 g/mol. The van der Waals surface area contributed by atoms with Crippen molar-refractivity contribution in [1.29, 1.82) is 0 Å². The summed E-state index contributed by atoms with van der Waals surface area (Å²) < 4.78 is 38.7. The van der Waals surface area contributed by atoms with Crippen LogP contribution in [0.1, 0.15) is 25.0 Å². The minimum Gasteiger partial charge on any atom is -0.504 e.